The van der Waals surface area contributed by atoms with Crippen molar-refractivity contribution in [2.45, 2.75) is 38.2 Å². The first kappa shape index (κ1) is 26.1. The third kappa shape index (κ3) is 5.55. The van der Waals surface area contributed by atoms with Crippen LogP contribution in [-0.2, 0) is 6.54 Å². The molecule has 15 heteroatoms. The van der Waals surface area contributed by atoms with E-state index in [-0.39, 0.29) is 24.0 Å². The van der Waals surface area contributed by atoms with E-state index in [1.54, 1.807) is 12.1 Å². The average molecular weight is 546 g/mol. The minimum absolute atomic E-state index is 0.0167. The van der Waals surface area contributed by atoms with Crippen LogP contribution >= 0.6 is 23.2 Å². The van der Waals surface area contributed by atoms with Crippen LogP contribution < -0.4 is 0 Å². The Kier molecular flexibility index (Phi) is 7.38. The number of aliphatic hydroxyl groups is 3. The molecule has 1 aliphatic rings. The molecule has 0 saturated carbocycles. The molecule has 192 valence electrons. The molecule has 0 amide bonds. The molecule has 3 heterocycles. The third-order valence-corrected chi connectivity index (χ3v) is 5.65. The molecule has 1 unspecified atom stereocenters. The number of halogens is 5. The highest BCUT2D eigenvalue weighted by Gasteiger charge is 2.43. The Labute approximate surface area is 212 Å². The van der Waals surface area contributed by atoms with Crippen molar-refractivity contribution in [2.75, 3.05) is 6.54 Å². The lowest BCUT2D eigenvalue weighted by atomic mass is 10.2. The quantitative estimate of drug-likeness (QED) is 0.414. The summed E-state index contributed by atoms with van der Waals surface area (Å²) >= 11 is 11.8. The van der Waals surface area contributed by atoms with Gasteiger partial charge < -0.3 is 20.2 Å². The maximum absolute atomic E-state index is 13.1. The molecule has 0 spiro atoms. The summed E-state index contributed by atoms with van der Waals surface area (Å²) in [6.45, 7) is 0.261. The van der Waals surface area contributed by atoms with Crippen LogP contribution in [0.1, 0.15) is 30.2 Å². The van der Waals surface area contributed by atoms with Crippen molar-refractivity contribution >= 4 is 29.0 Å². The molecule has 10 nitrogen and oxygen atoms in total. The Morgan fingerprint density at radius 1 is 1.06 bits per heavy atom. The van der Waals surface area contributed by atoms with Gasteiger partial charge in [0.15, 0.2) is 29.4 Å². The molecule has 3 N–H and O–H groups in total. The molecule has 4 rings (SSSR count). The van der Waals surface area contributed by atoms with Gasteiger partial charge in [0.2, 0.25) is 6.35 Å². The van der Waals surface area contributed by atoms with Gasteiger partial charge in [-0.1, -0.05) is 23.2 Å². The lowest BCUT2D eigenvalue weighted by Crippen LogP contribution is -2.49. The number of benzene rings is 1. The number of hydrogen-bond acceptors (Lipinski definition) is 9. The maximum Gasteiger partial charge on any atom is 0.416 e. The number of aliphatic hydroxyl groups excluding tert-OH is 3. The second kappa shape index (κ2) is 10.2. The number of alkyl halides is 3. The number of hydrogen-bond donors (Lipinski definition) is 3. The van der Waals surface area contributed by atoms with E-state index in [0.717, 1.165) is 9.91 Å². The van der Waals surface area contributed by atoms with E-state index in [2.05, 4.69) is 20.2 Å². The fourth-order valence-electron chi connectivity index (χ4n) is 3.42. The molecule has 1 aliphatic heterocycles. The van der Waals surface area contributed by atoms with Crippen LogP contribution in [0.15, 0.2) is 47.7 Å². The van der Waals surface area contributed by atoms with Gasteiger partial charge in [0, 0.05) is 16.8 Å². The zero-order valence-corrected chi connectivity index (χ0v) is 20.1. The van der Waals surface area contributed by atoms with Gasteiger partial charge in [-0.2, -0.15) is 23.0 Å². The Morgan fingerprint density at radius 3 is 2.31 bits per heavy atom. The van der Waals surface area contributed by atoms with Crippen LogP contribution in [0.3, 0.4) is 0 Å². The predicted molar refractivity (Wildman–Crippen MR) is 123 cm³/mol. The van der Waals surface area contributed by atoms with Gasteiger partial charge in [-0.15, -0.1) is 5.10 Å². The Balaban J connectivity index is 1.66. The highest BCUT2D eigenvalue weighted by Crippen LogP contribution is 2.27. The standard InChI is InChI=1S/C21H20Cl2F3N7O3/c1-11(34)18-28-16(29-33(18)17-7-6-14(23)8-27-17)10-32-20(36)31(9-15(35)21(24,25)26)19(30-32)12-2-4-13(22)5-3-12/h2-8,11,15,20,34-36H,9-10H2,1H3/t11-,15-,20?/m0/s1. The fraction of sp³-hybridized carbons (Fsp3) is 0.333. The monoisotopic (exact) mass is 545 g/mol. The largest absolute Gasteiger partial charge is 0.416 e. The lowest BCUT2D eigenvalue weighted by molar-refractivity contribution is -0.212. The Hall–Kier alpha value is -2.97. The molecule has 0 aliphatic carbocycles. The first-order chi connectivity index (χ1) is 16.9. The maximum atomic E-state index is 13.1. The van der Waals surface area contributed by atoms with Crippen LogP contribution in [0, 0.1) is 0 Å². The van der Waals surface area contributed by atoms with Crippen molar-refractivity contribution in [1.82, 2.24) is 29.7 Å². The molecular formula is C21H20Cl2F3N7O3. The van der Waals surface area contributed by atoms with Crippen LogP contribution in [-0.4, -0.2) is 76.0 Å². The highest BCUT2D eigenvalue weighted by atomic mass is 35.5. The first-order valence-corrected chi connectivity index (χ1v) is 11.3. The van der Waals surface area contributed by atoms with Crippen molar-refractivity contribution in [3.05, 3.63) is 69.9 Å². The van der Waals surface area contributed by atoms with Gasteiger partial charge in [-0.05, 0) is 43.3 Å². The topological polar surface area (TPSA) is 123 Å². The van der Waals surface area contributed by atoms with Crippen molar-refractivity contribution in [2.24, 2.45) is 5.10 Å². The van der Waals surface area contributed by atoms with Crippen molar-refractivity contribution < 1.29 is 28.5 Å². The predicted octanol–water partition coefficient (Wildman–Crippen LogP) is 2.70. The van der Waals surface area contributed by atoms with Gasteiger partial charge >= 0.3 is 6.18 Å². The second-order valence-electron chi connectivity index (χ2n) is 7.89. The van der Waals surface area contributed by atoms with Crippen molar-refractivity contribution in [1.29, 1.82) is 0 Å². The molecule has 3 atom stereocenters. The SMILES string of the molecule is C[C@H](O)c1nc(CN2N=C(c3ccc(Cl)cc3)N(C[C@H](O)C(F)(F)F)C2O)nn1-c1ccc(Cl)cn1. The summed E-state index contributed by atoms with van der Waals surface area (Å²) in [4.78, 5) is 9.35. The Morgan fingerprint density at radius 2 is 1.72 bits per heavy atom. The fourth-order valence-corrected chi connectivity index (χ4v) is 3.66. The molecule has 0 radical (unpaired) electrons. The van der Waals surface area contributed by atoms with E-state index in [9.17, 15) is 28.5 Å². The number of β-amino-alcohol motifs (C(OH)–C–C–N with tert-alkyl or cyclic N) is 1. The zero-order valence-electron chi connectivity index (χ0n) is 18.5. The number of nitrogens with zero attached hydrogens (tertiary/aromatic N) is 7. The van der Waals surface area contributed by atoms with E-state index in [1.165, 1.54) is 42.1 Å². The number of pyridine rings is 1. The highest BCUT2D eigenvalue weighted by molar-refractivity contribution is 6.30. The van der Waals surface area contributed by atoms with E-state index in [1.807, 2.05) is 0 Å². The van der Waals surface area contributed by atoms with Crippen molar-refractivity contribution in [3.63, 3.8) is 0 Å². The number of amidine groups is 1. The van der Waals surface area contributed by atoms with Gasteiger partial charge in [0.25, 0.3) is 0 Å². The summed E-state index contributed by atoms with van der Waals surface area (Å²) in [6, 6.07) is 9.22. The second-order valence-corrected chi connectivity index (χ2v) is 8.77. The number of hydrazone groups is 1. The van der Waals surface area contributed by atoms with Crippen molar-refractivity contribution in [3.8, 4) is 5.82 Å². The molecule has 36 heavy (non-hydrogen) atoms. The van der Waals surface area contributed by atoms with Gasteiger partial charge in [0.1, 0.15) is 12.6 Å². The van der Waals surface area contributed by atoms with Crippen LogP contribution in [0.5, 0.6) is 0 Å². The zero-order chi connectivity index (χ0) is 26.2. The first-order valence-electron chi connectivity index (χ1n) is 10.5. The summed E-state index contributed by atoms with van der Waals surface area (Å²) in [5.74, 6) is 0.534. The number of aromatic nitrogens is 4. The molecule has 1 aromatic carbocycles. The number of rotatable bonds is 7. The summed E-state index contributed by atoms with van der Waals surface area (Å²) in [6.07, 6.45) is -8.97. The van der Waals surface area contributed by atoms with E-state index in [4.69, 9.17) is 23.2 Å². The summed E-state index contributed by atoms with van der Waals surface area (Å²) < 4.78 is 40.5. The minimum atomic E-state index is -4.91. The molecule has 0 saturated heterocycles. The smallest absolute Gasteiger partial charge is 0.385 e. The Bertz CT molecular complexity index is 1240. The van der Waals surface area contributed by atoms with Crippen LogP contribution in [0.25, 0.3) is 5.82 Å². The van der Waals surface area contributed by atoms with Gasteiger partial charge in [-0.25, -0.2) is 15.0 Å². The lowest BCUT2D eigenvalue weighted by Gasteiger charge is -2.29. The minimum Gasteiger partial charge on any atom is -0.385 e. The van der Waals surface area contributed by atoms with E-state index in [0.29, 0.717) is 21.4 Å². The normalized spacial score (nSPS) is 17.9. The van der Waals surface area contributed by atoms with E-state index < -0.39 is 31.3 Å². The van der Waals surface area contributed by atoms with Gasteiger partial charge in [0.05, 0.1) is 11.6 Å². The summed E-state index contributed by atoms with van der Waals surface area (Å²) in [5.41, 5.74) is 0.365. The molecule has 0 bridgehead atoms. The van der Waals surface area contributed by atoms with Gasteiger partial charge in [-0.3, -0.25) is 0 Å². The summed E-state index contributed by atoms with van der Waals surface area (Å²) in [7, 11) is 0. The third-order valence-electron chi connectivity index (χ3n) is 5.17. The summed E-state index contributed by atoms with van der Waals surface area (Å²) in [5, 5.41) is 41.1. The molecule has 2 aromatic heterocycles. The van der Waals surface area contributed by atoms with E-state index >= 15 is 0 Å². The molecule has 0 fully saturated rings. The molecular weight excluding hydrogens is 526 g/mol. The van der Waals surface area contributed by atoms with Crippen LogP contribution in [0.4, 0.5) is 13.2 Å². The molecule has 3 aromatic rings. The average Bonchev–Trinajstić information content (AvgIpc) is 3.37. The van der Waals surface area contributed by atoms with Crippen LogP contribution in [0.2, 0.25) is 10.0 Å².